The lowest BCUT2D eigenvalue weighted by atomic mass is 10.3. The molecule has 2 nitrogen and oxygen atoms in total. The molecule has 0 spiro atoms. The average Bonchev–Trinajstić information content (AvgIpc) is 2.27. The molecule has 0 amide bonds. The van der Waals surface area contributed by atoms with Gasteiger partial charge in [0.1, 0.15) is 11.5 Å². The van der Waals surface area contributed by atoms with Crippen LogP contribution < -0.4 is 0 Å². The van der Waals surface area contributed by atoms with Gasteiger partial charge in [-0.05, 0) is 25.1 Å². The molecule has 0 aliphatic rings. The normalized spacial score (nSPS) is 12.0. The van der Waals surface area contributed by atoms with Gasteiger partial charge in [0, 0.05) is 0 Å². The molecular formula is C11H9FN2. The Balaban J connectivity index is 2.62. The van der Waals surface area contributed by atoms with E-state index in [2.05, 4.69) is 9.97 Å². The van der Waals surface area contributed by atoms with Gasteiger partial charge in [0.15, 0.2) is 0 Å². The van der Waals surface area contributed by atoms with Crippen molar-refractivity contribution in [2.24, 2.45) is 0 Å². The van der Waals surface area contributed by atoms with Crippen LogP contribution in [0.2, 0.25) is 0 Å². The van der Waals surface area contributed by atoms with Gasteiger partial charge in [-0.15, -0.1) is 0 Å². The number of halogens is 1. The summed E-state index contributed by atoms with van der Waals surface area (Å²) in [6.45, 7) is 1.63. The number of fused-ring (bicyclic) bond motifs is 1. The lowest BCUT2D eigenvalue weighted by Crippen LogP contribution is -1.89. The molecule has 2 aromatic rings. The summed E-state index contributed by atoms with van der Waals surface area (Å²) >= 11 is 0. The first-order valence-corrected chi connectivity index (χ1v) is 4.35. The summed E-state index contributed by atoms with van der Waals surface area (Å²) in [6.07, 6.45) is 2.82. The van der Waals surface area contributed by atoms with E-state index in [0.717, 1.165) is 5.52 Å². The number of hydrogen-bond donors (Lipinski definition) is 0. The summed E-state index contributed by atoms with van der Waals surface area (Å²) in [6, 6.07) is 7.39. The lowest BCUT2D eigenvalue weighted by Gasteiger charge is -1.98. The number of para-hydroxylation sites is 2. The monoisotopic (exact) mass is 188 g/mol. The Bertz CT molecular complexity index is 491. The van der Waals surface area contributed by atoms with E-state index in [0.29, 0.717) is 5.52 Å². The first kappa shape index (κ1) is 8.81. The third kappa shape index (κ3) is 1.48. The molecule has 70 valence electrons. The van der Waals surface area contributed by atoms with E-state index in [-0.39, 0.29) is 11.5 Å². The summed E-state index contributed by atoms with van der Waals surface area (Å²) < 4.78 is 13.2. The van der Waals surface area contributed by atoms with Crippen molar-refractivity contribution >= 4 is 16.9 Å². The number of allylic oxidation sites excluding steroid dienone is 1. The molecule has 0 aliphatic carbocycles. The van der Waals surface area contributed by atoms with E-state index in [9.17, 15) is 4.39 Å². The molecule has 14 heavy (non-hydrogen) atoms. The van der Waals surface area contributed by atoms with E-state index >= 15 is 0 Å². The van der Waals surface area contributed by atoms with Crippen LogP contribution >= 0.6 is 0 Å². The van der Waals surface area contributed by atoms with Gasteiger partial charge in [-0.3, -0.25) is 4.98 Å². The third-order valence-corrected chi connectivity index (χ3v) is 1.95. The molecule has 0 aliphatic heterocycles. The van der Waals surface area contributed by atoms with Gasteiger partial charge in [0.25, 0.3) is 0 Å². The van der Waals surface area contributed by atoms with Crippen molar-refractivity contribution < 1.29 is 4.39 Å². The minimum absolute atomic E-state index is 0.284. The largest absolute Gasteiger partial charge is 0.252 e. The van der Waals surface area contributed by atoms with Crippen molar-refractivity contribution in [3.8, 4) is 0 Å². The molecule has 0 radical (unpaired) electrons. The van der Waals surface area contributed by atoms with Crippen LogP contribution in [0, 0.1) is 0 Å². The predicted octanol–water partition coefficient (Wildman–Crippen LogP) is 2.96. The Hall–Kier alpha value is -1.77. The SMILES string of the molecule is C/C=C(/F)c1cnc2ccccc2n1. The fourth-order valence-corrected chi connectivity index (χ4v) is 1.22. The first-order chi connectivity index (χ1) is 6.81. The summed E-state index contributed by atoms with van der Waals surface area (Å²) in [4.78, 5) is 8.25. The molecule has 1 aromatic heterocycles. The molecule has 1 heterocycles. The highest BCUT2D eigenvalue weighted by molar-refractivity contribution is 5.75. The average molecular weight is 188 g/mol. The molecule has 1 aromatic carbocycles. The summed E-state index contributed by atoms with van der Waals surface area (Å²) in [7, 11) is 0. The maximum atomic E-state index is 13.2. The van der Waals surface area contributed by atoms with Crippen molar-refractivity contribution in [1.82, 2.24) is 9.97 Å². The second-order valence-corrected chi connectivity index (χ2v) is 2.88. The molecule has 3 heteroatoms. The summed E-state index contributed by atoms with van der Waals surface area (Å²) in [5.41, 5.74) is 1.77. The number of hydrogen-bond acceptors (Lipinski definition) is 2. The van der Waals surface area contributed by atoms with Crippen LogP contribution in [0.4, 0.5) is 4.39 Å². The van der Waals surface area contributed by atoms with E-state index in [1.807, 2.05) is 24.3 Å². The second-order valence-electron chi connectivity index (χ2n) is 2.88. The third-order valence-electron chi connectivity index (χ3n) is 1.95. The van der Waals surface area contributed by atoms with Gasteiger partial charge in [-0.1, -0.05) is 12.1 Å². The minimum atomic E-state index is -0.344. The van der Waals surface area contributed by atoms with Crippen LogP contribution in [0.25, 0.3) is 16.9 Å². The first-order valence-electron chi connectivity index (χ1n) is 4.35. The van der Waals surface area contributed by atoms with E-state index in [4.69, 9.17) is 0 Å². The van der Waals surface area contributed by atoms with Gasteiger partial charge >= 0.3 is 0 Å². The summed E-state index contributed by atoms with van der Waals surface area (Å²) in [5.74, 6) is -0.344. The highest BCUT2D eigenvalue weighted by Gasteiger charge is 2.02. The summed E-state index contributed by atoms with van der Waals surface area (Å²) in [5, 5.41) is 0. The van der Waals surface area contributed by atoms with E-state index in [1.165, 1.54) is 12.3 Å². The van der Waals surface area contributed by atoms with Crippen molar-refractivity contribution in [3.05, 3.63) is 42.2 Å². The number of aromatic nitrogens is 2. The zero-order chi connectivity index (χ0) is 9.97. The van der Waals surface area contributed by atoms with Crippen molar-refractivity contribution in [2.75, 3.05) is 0 Å². The zero-order valence-corrected chi connectivity index (χ0v) is 7.74. The maximum Gasteiger partial charge on any atom is 0.146 e. The number of nitrogens with zero attached hydrogens (tertiary/aromatic N) is 2. The van der Waals surface area contributed by atoms with Crippen LogP contribution in [0.3, 0.4) is 0 Å². The van der Waals surface area contributed by atoms with Crippen LogP contribution in [-0.2, 0) is 0 Å². The molecular weight excluding hydrogens is 179 g/mol. The standard InChI is InChI=1S/C11H9FN2/c1-2-8(12)11-7-13-9-5-3-4-6-10(9)14-11/h2-7H,1H3/b8-2+. The van der Waals surface area contributed by atoms with Crippen LogP contribution in [0.15, 0.2) is 36.5 Å². The van der Waals surface area contributed by atoms with Gasteiger partial charge in [-0.25, -0.2) is 9.37 Å². The molecule has 0 fully saturated rings. The molecule has 0 saturated carbocycles. The maximum absolute atomic E-state index is 13.2. The molecule has 0 N–H and O–H groups in total. The lowest BCUT2D eigenvalue weighted by molar-refractivity contribution is 0.750. The van der Waals surface area contributed by atoms with Crippen molar-refractivity contribution in [1.29, 1.82) is 0 Å². The Morgan fingerprint density at radius 3 is 2.71 bits per heavy atom. The fourth-order valence-electron chi connectivity index (χ4n) is 1.22. The predicted molar refractivity (Wildman–Crippen MR) is 54.3 cm³/mol. The molecule has 0 unspecified atom stereocenters. The van der Waals surface area contributed by atoms with Crippen molar-refractivity contribution in [2.45, 2.75) is 6.92 Å². The molecule has 0 saturated heterocycles. The van der Waals surface area contributed by atoms with Gasteiger partial charge < -0.3 is 0 Å². The highest BCUT2D eigenvalue weighted by atomic mass is 19.1. The van der Waals surface area contributed by atoms with E-state index < -0.39 is 0 Å². The van der Waals surface area contributed by atoms with Crippen LogP contribution in [-0.4, -0.2) is 9.97 Å². The zero-order valence-electron chi connectivity index (χ0n) is 7.74. The Morgan fingerprint density at radius 2 is 2.00 bits per heavy atom. The topological polar surface area (TPSA) is 25.8 Å². The van der Waals surface area contributed by atoms with Gasteiger partial charge in [-0.2, -0.15) is 0 Å². The van der Waals surface area contributed by atoms with Gasteiger partial charge in [0.05, 0.1) is 17.2 Å². The Kier molecular flexibility index (Phi) is 2.23. The van der Waals surface area contributed by atoms with Crippen LogP contribution in [0.1, 0.15) is 12.6 Å². The smallest absolute Gasteiger partial charge is 0.146 e. The number of rotatable bonds is 1. The van der Waals surface area contributed by atoms with Crippen LogP contribution in [0.5, 0.6) is 0 Å². The molecule has 2 rings (SSSR count). The second kappa shape index (κ2) is 3.54. The number of benzene rings is 1. The fraction of sp³-hybridized carbons (Fsp3) is 0.0909. The minimum Gasteiger partial charge on any atom is -0.252 e. The molecule has 0 bridgehead atoms. The van der Waals surface area contributed by atoms with Gasteiger partial charge in [0.2, 0.25) is 0 Å². The van der Waals surface area contributed by atoms with E-state index in [1.54, 1.807) is 6.92 Å². The Morgan fingerprint density at radius 1 is 1.29 bits per heavy atom. The van der Waals surface area contributed by atoms with Crippen molar-refractivity contribution in [3.63, 3.8) is 0 Å². The highest BCUT2D eigenvalue weighted by Crippen LogP contribution is 2.15. The quantitative estimate of drug-likeness (QED) is 0.687. The Labute approximate surface area is 81.1 Å². The molecule has 0 atom stereocenters.